The van der Waals surface area contributed by atoms with Gasteiger partial charge in [-0.1, -0.05) is 18.2 Å². The van der Waals surface area contributed by atoms with Crippen LogP contribution in [0.15, 0.2) is 48.5 Å². The summed E-state index contributed by atoms with van der Waals surface area (Å²) in [4.78, 5) is 21.9. The van der Waals surface area contributed by atoms with E-state index in [0.29, 0.717) is 32.7 Å². The van der Waals surface area contributed by atoms with Crippen molar-refractivity contribution in [1.29, 1.82) is 0 Å². The molecule has 148 valence electrons. The van der Waals surface area contributed by atoms with Gasteiger partial charge < -0.3 is 14.5 Å². The first-order valence-corrected chi connectivity index (χ1v) is 9.98. The normalized spacial score (nSPS) is 16.5. The Labute approximate surface area is 168 Å². The van der Waals surface area contributed by atoms with Gasteiger partial charge in [-0.3, -0.25) is 9.78 Å². The molecule has 0 aliphatic carbocycles. The second-order valence-corrected chi connectivity index (χ2v) is 7.53. The predicted octanol–water partition coefficient (Wildman–Crippen LogP) is 3.41. The first-order chi connectivity index (χ1) is 14.2. The Kier molecular flexibility index (Phi) is 4.64. The van der Waals surface area contributed by atoms with Gasteiger partial charge in [-0.25, -0.2) is 4.39 Å². The number of rotatable bonds is 4. The van der Waals surface area contributed by atoms with Crippen LogP contribution in [0, 0.1) is 5.82 Å². The average molecular weight is 391 g/mol. The number of aromatic nitrogens is 1. The van der Waals surface area contributed by atoms with E-state index in [1.165, 1.54) is 12.1 Å². The Balaban J connectivity index is 1.32. The molecule has 1 aromatic heterocycles. The number of fused-ring (bicyclic) bond motifs is 2. The van der Waals surface area contributed by atoms with E-state index in [1.54, 1.807) is 6.07 Å². The van der Waals surface area contributed by atoms with E-state index in [0.717, 1.165) is 46.5 Å². The van der Waals surface area contributed by atoms with Crippen molar-refractivity contribution in [2.75, 3.05) is 37.7 Å². The zero-order chi connectivity index (χ0) is 19.8. The number of ether oxygens (including phenoxy) is 1. The lowest BCUT2D eigenvalue weighted by atomic mass is 10.1. The molecule has 0 saturated carbocycles. The van der Waals surface area contributed by atoms with E-state index < -0.39 is 0 Å². The molecule has 0 N–H and O–H groups in total. The van der Waals surface area contributed by atoms with E-state index in [-0.39, 0.29) is 11.7 Å². The van der Waals surface area contributed by atoms with Gasteiger partial charge >= 0.3 is 0 Å². The van der Waals surface area contributed by atoms with Crippen LogP contribution >= 0.6 is 0 Å². The van der Waals surface area contributed by atoms with E-state index in [1.807, 2.05) is 35.2 Å². The van der Waals surface area contributed by atoms with Gasteiger partial charge in [0.15, 0.2) is 0 Å². The van der Waals surface area contributed by atoms with Gasteiger partial charge in [0.2, 0.25) is 0 Å². The summed E-state index contributed by atoms with van der Waals surface area (Å²) < 4.78 is 18.8. The molecule has 2 aromatic carbocycles. The van der Waals surface area contributed by atoms with E-state index in [2.05, 4.69) is 9.88 Å². The summed E-state index contributed by atoms with van der Waals surface area (Å²) in [6, 6.07) is 14.5. The van der Waals surface area contributed by atoms with Gasteiger partial charge in [0, 0.05) is 43.7 Å². The minimum atomic E-state index is -0.261. The third kappa shape index (κ3) is 3.44. The van der Waals surface area contributed by atoms with Crippen molar-refractivity contribution in [3.8, 4) is 0 Å². The average Bonchev–Trinajstić information content (AvgIpc) is 3.08. The number of hydrogen-bond donors (Lipinski definition) is 0. The minimum Gasteiger partial charge on any atom is -0.378 e. The third-order valence-electron chi connectivity index (χ3n) is 5.69. The monoisotopic (exact) mass is 391 g/mol. The number of halogens is 1. The predicted molar refractivity (Wildman–Crippen MR) is 110 cm³/mol. The molecule has 0 atom stereocenters. The fourth-order valence-corrected chi connectivity index (χ4v) is 4.18. The highest BCUT2D eigenvalue weighted by Crippen LogP contribution is 2.32. The zero-order valence-electron chi connectivity index (χ0n) is 16.1. The highest BCUT2D eigenvalue weighted by molar-refractivity contribution is 6.03. The number of carbonyl (C=O) groups is 1. The van der Waals surface area contributed by atoms with Crippen molar-refractivity contribution in [3.05, 3.63) is 71.2 Å². The van der Waals surface area contributed by atoms with Crippen LogP contribution in [-0.4, -0.2) is 48.6 Å². The Morgan fingerprint density at radius 2 is 1.93 bits per heavy atom. The van der Waals surface area contributed by atoms with Crippen LogP contribution in [0.5, 0.6) is 0 Å². The number of morpholine rings is 1. The van der Waals surface area contributed by atoms with Crippen LogP contribution < -0.4 is 4.90 Å². The second kappa shape index (κ2) is 7.44. The molecule has 5 rings (SSSR count). The van der Waals surface area contributed by atoms with Crippen LogP contribution in [0.2, 0.25) is 0 Å². The van der Waals surface area contributed by atoms with Gasteiger partial charge in [0.1, 0.15) is 5.82 Å². The van der Waals surface area contributed by atoms with Crippen molar-refractivity contribution in [2.45, 2.75) is 13.0 Å². The van der Waals surface area contributed by atoms with Crippen LogP contribution in [0.3, 0.4) is 0 Å². The van der Waals surface area contributed by atoms with Crippen molar-refractivity contribution in [2.24, 2.45) is 0 Å². The summed E-state index contributed by atoms with van der Waals surface area (Å²) in [5.74, 6) is -0.173. The molecule has 1 saturated heterocycles. The summed E-state index contributed by atoms with van der Waals surface area (Å²) in [5.41, 5.74) is 4.61. The second-order valence-electron chi connectivity index (χ2n) is 7.53. The number of benzene rings is 2. The minimum absolute atomic E-state index is 0.0879. The summed E-state index contributed by atoms with van der Waals surface area (Å²) in [6.45, 7) is 4.25. The fraction of sp³-hybridized carbons (Fsp3) is 0.304. The van der Waals surface area contributed by atoms with Gasteiger partial charge in [-0.05, 0) is 35.9 Å². The van der Waals surface area contributed by atoms with Crippen molar-refractivity contribution in [1.82, 2.24) is 9.88 Å². The smallest absolute Gasteiger partial charge is 0.256 e. The Hall–Kier alpha value is -2.99. The molecule has 0 spiro atoms. The van der Waals surface area contributed by atoms with Crippen molar-refractivity contribution >= 4 is 22.5 Å². The molecule has 1 fully saturated rings. The molecular formula is C23H22FN3O2. The molecule has 29 heavy (non-hydrogen) atoms. The van der Waals surface area contributed by atoms with Crippen LogP contribution in [0.1, 0.15) is 21.6 Å². The molecule has 3 heterocycles. The molecule has 2 aliphatic rings. The number of carbonyl (C=O) groups excluding carboxylic acids is 1. The van der Waals surface area contributed by atoms with E-state index in [4.69, 9.17) is 4.74 Å². The number of anilines is 1. The van der Waals surface area contributed by atoms with Gasteiger partial charge in [0.05, 0.1) is 30.0 Å². The van der Waals surface area contributed by atoms with Crippen molar-refractivity contribution in [3.63, 3.8) is 0 Å². The van der Waals surface area contributed by atoms with E-state index in [9.17, 15) is 9.18 Å². The lowest BCUT2D eigenvalue weighted by molar-refractivity contribution is 0.0779. The lowest BCUT2D eigenvalue weighted by Crippen LogP contribution is -2.37. The lowest BCUT2D eigenvalue weighted by Gasteiger charge is -2.30. The maximum absolute atomic E-state index is 13.3. The topological polar surface area (TPSA) is 45.7 Å². The Bertz CT molecular complexity index is 1080. The third-order valence-corrected chi connectivity index (χ3v) is 5.69. The molecule has 2 aliphatic heterocycles. The van der Waals surface area contributed by atoms with Crippen LogP contribution in [-0.2, 0) is 17.7 Å². The van der Waals surface area contributed by atoms with Crippen LogP contribution in [0.25, 0.3) is 10.9 Å². The number of pyridine rings is 1. The molecule has 0 unspecified atom stereocenters. The Morgan fingerprint density at radius 3 is 2.79 bits per heavy atom. The number of hydrogen-bond acceptors (Lipinski definition) is 4. The summed E-state index contributed by atoms with van der Waals surface area (Å²) >= 11 is 0. The number of nitrogens with zero attached hydrogens (tertiary/aromatic N) is 3. The van der Waals surface area contributed by atoms with Gasteiger partial charge in [-0.15, -0.1) is 0 Å². The SMILES string of the molecule is O=C1c2c(cccc2N2CCOCC2)CN1CCc1ccc2cc(F)ccc2n1. The Morgan fingerprint density at radius 1 is 1.07 bits per heavy atom. The summed E-state index contributed by atoms with van der Waals surface area (Å²) in [6.07, 6.45) is 0.667. The molecule has 0 bridgehead atoms. The van der Waals surface area contributed by atoms with Crippen molar-refractivity contribution < 1.29 is 13.9 Å². The van der Waals surface area contributed by atoms with Gasteiger partial charge in [-0.2, -0.15) is 0 Å². The van der Waals surface area contributed by atoms with Crippen LogP contribution in [0.4, 0.5) is 10.1 Å². The molecule has 1 amide bonds. The largest absolute Gasteiger partial charge is 0.378 e. The highest BCUT2D eigenvalue weighted by atomic mass is 19.1. The summed E-state index contributed by atoms with van der Waals surface area (Å²) in [5, 5.41) is 0.786. The molecular weight excluding hydrogens is 369 g/mol. The first-order valence-electron chi connectivity index (χ1n) is 9.98. The maximum Gasteiger partial charge on any atom is 0.256 e. The molecule has 3 aromatic rings. The summed E-state index contributed by atoms with van der Waals surface area (Å²) in [7, 11) is 0. The van der Waals surface area contributed by atoms with E-state index >= 15 is 0 Å². The fourth-order valence-electron chi connectivity index (χ4n) is 4.18. The standard InChI is InChI=1S/C23H22FN3O2/c24-18-5-7-20-16(14-18)4-6-19(25-20)8-9-27-15-17-2-1-3-21(22(17)23(27)28)26-10-12-29-13-11-26/h1-7,14H,8-13,15H2. The molecule has 6 heteroatoms. The number of amides is 1. The molecule has 0 radical (unpaired) electrons. The first kappa shape index (κ1) is 18.1. The maximum atomic E-state index is 13.3. The molecule has 5 nitrogen and oxygen atoms in total. The zero-order valence-corrected chi connectivity index (χ0v) is 16.1. The quantitative estimate of drug-likeness (QED) is 0.684. The van der Waals surface area contributed by atoms with Gasteiger partial charge in [0.25, 0.3) is 5.91 Å². The highest BCUT2D eigenvalue weighted by Gasteiger charge is 2.31.